The van der Waals surface area contributed by atoms with Gasteiger partial charge in [0.05, 0.1) is 9.79 Å². The number of sulfonamides is 2. The van der Waals surface area contributed by atoms with Crippen LogP contribution in [-0.4, -0.2) is 16.8 Å². The fraction of sp³-hybridized carbons (Fsp3) is 0. The van der Waals surface area contributed by atoms with Gasteiger partial charge in [-0.15, -0.1) is 0 Å². The van der Waals surface area contributed by atoms with Crippen LogP contribution in [0.15, 0.2) is 58.3 Å². The van der Waals surface area contributed by atoms with Gasteiger partial charge in [0, 0.05) is 5.69 Å². The van der Waals surface area contributed by atoms with Gasteiger partial charge in [-0.3, -0.25) is 4.72 Å². The Labute approximate surface area is 121 Å². The van der Waals surface area contributed by atoms with Gasteiger partial charge in [0.2, 0.25) is 10.0 Å². The molecule has 2 rings (SSSR count). The Morgan fingerprint density at radius 3 is 1.76 bits per heavy atom. The van der Waals surface area contributed by atoms with Crippen molar-refractivity contribution in [2.24, 2.45) is 5.14 Å². The molecule has 0 aromatic heterocycles. The zero-order valence-corrected chi connectivity index (χ0v) is 12.2. The molecule has 0 bridgehead atoms. The third-order valence-corrected chi connectivity index (χ3v) is 4.89. The van der Waals surface area contributed by atoms with Gasteiger partial charge in [-0.05, 0) is 48.5 Å². The summed E-state index contributed by atoms with van der Waals surface area (Å²) in [7, 11) is -7.78. The minimum Gasteiger partial charge on any atom is -0.280 e. The maximum Gasteiger partial charge on any atom is 0.261 e. The number of nitrogens with one attached hydrogen (secondary N) is 1. The van der Waals surface area contributed by atoms with Gasteiger partial charge in [-0.25, -0.2) is 26.4 Å². The van der Waals surface area contributed by atoms with E-state index in [9.17, 15) is 21.2 Å². The third-order valence-electron chi connectivity index (χ3n) is 2.56. The van der Waals surface area contributed by atoms with E-state index in [1.807, 2.05) is 0 Å². The molecular formula is C12H11FN2O4S2. The van der Waals surface area contributed by atoms with Crippen LogP contribution in [0.2, 0.25) is 0 Å². The van der Waals surface area contributed by atoms with Gasteiger partial charge in [0.15, 0.2) is 0 Å². The highest BCUT2D eigenvalue weighted by atomic mass is 32.2. The smallest absolute Gasteiger partial charge is 0.261 e. The van der Waals surface area contributed by atoms with Crippen molar-refractivity contribution in [1.82, 2.24) is 0 Å². The average Bonchev–Trinajstić information content (AvgIpc) is 2.40. The molecule has 0 saturated carbocycles. The van der Waals surface area contributed by atoms with E-state index in [0.29, 0.717) is 0 Å². The summed E-state index contributed by atoms with van der Waals surface area (Å²) in [6.45, 7) is 0. The molecule has 0 heterocycles. The maximum atomic E-state index is 12.8. The minimum atomic E-state index is -3.90. The van der Waals surface area contributed by atoms with Crippen LogP contribution >= 0.6 is 0 Å². The normalized spacial score (nSPS) is 12.1. The fourth-order valence-corrected chi connectivity index (χ4v) is 3.11. The molecule has 0 aliphatic heterocycles. The Morgan fingerprint density at radius 1 is 0.810 bits per heavy atom. The highest BCUT2D eigenvalue weighted by Gasteiger charge is 2.16. The molecule has 0 unspecified atom stereocenters. The maximum absolute atomic E-state index is 12.8. The Balaban J connectivity index is 2.29. The zero-order chi connectivity index (χ0) is 15.7. The van der Waals surface area contributed by atoms with Crippen LogP contribution in [0.25, 0.3) is 0 Å². The van der Waals surface area contributed by atoms with Crippen molar-refractivity contribution in [2.45, 2.75) is 9.79 Å². The van der Waals surface area contributed by atoms with E-state index in [1.54, 1.807) is 0 Å². The molecule has 0 atom stereocenters. The molecule has 0 aliphatic rings. The summed E-state index contributed by atoms with van der Waals surface area (Å²) >= 11 is 0. The highest BCUT2D eigenvalue weighted by Crippen LogP contribution is 2.18. The average molecular weight is 330 g/mol. The molecule has 0 fully saturated rings. The molecule has 0 aliphatic carbocycles. The van der Waals surface area contributed by atoms with Crippen molar-refractivity contribution in [2.75, 3.05) is 4.72 Å². The highest BCUT2D eigenvalue weighted by molar-refractivity contribution is 7.92. The first-order valence-corrected chi connectivity index (χ1v) is 8.63. The molecule has 21 heavy (non-hydrogen) atoms. The van der Waals surface area contributed by atoms with E-state index >= 15 is 0 Å². The third kappa shape index (κ3) is 3.78. The fourth-order valence-electron chi connectivity index (χ4n) is 1.54. The quantitative estimate of drug-likeness (QED) is 0.880. The van der Waals surface area contributed by atoms with Gasteiger partial charge in [-0.2, -0.15) is 0 Å². The summed E-state index contributed by atoms with van der Waals surface area (Å²) in [6, 6.07) is 9.18. The summed E-state index contributed by atoms with van der Waals surface area (Å²) in [5, 5.41) is 4.93. The van der Waals surface area contributed by atoms with Crippen molar-refractivity contribution in [3.63, 3.8) is 0 Å². The Morgan fingerprint density at radius 2 is 1.29 bits per heavy atom. The summed E-state index contributed by atoms with van der Waals surface area (Å²) in [4.78, 5) is -0.331. The number of rotatable bonds is 4. The molecule has 0 radical (unpaired) electrons. The number of halogens is 1. The number of hydrogen-bond acceptors (Lipinski definition) is 4. The van der Waals surface area contributed by atoms with E-state index in [-0.39, 0.29) is 15.5 Å². The topological polar surface area (TPSA) is 106 Å². The predicted molar refractivity (Wildman–Crippen MR) is 75.0 cm³/mol. The first-order chi connectivity index (χ1) is 9.68. The monoisotopic (exact) mass is 330 g/mol. The van der Waals surface area contributed by atoms with Crippen molar-refractivity contribution < 1.29 is 21.2 Å². The van der Waals surface area contributed by atoms with Gasteiger partial charge in [0.1, 0.15) is 5.82 Å². The largest absolute Gasteiger partial charge is 0.280 e. The molecule has 6 nitrogen and oxygen atoms in total. The number of primary sulfonamides is 1. The van der Waals surface area contributed by atoms with Crippen LogP contribution in [0.4, 0.5) is 10.1 Å². The standard InChI is InChI=1S/C12H11FN2O4S2/c13-9-1-3-10(4-2-9)15-21(18,19)12-7-5-11(6-8-12)20(14,16)17/h1-8,15H,(H2,14,16,17). The molecule has 0 saturated heterocycles. The summed E-state index contributed by atoms with van der Waals surface area (Å²) in [5.74, 6) is -0.490. The number of hydrogen-bond donors (Lipinski definition) is 2. The first-order valence-electron chi connectivity index (χ1n) is 5.60. The van der Waals surface area contributed by atoms with E-state index < -0.39 is 25.9 Å². The number of anilines is 1. The lowest BCUT2D eigenvalue weighted by molar-refractivity contribution is 0.595. The van der Waals surface area contributed by atoms with E-state index in [4.69, 9.17) is 5.14 Å². The van der Waals surface area contributed by atoms with E-state index in [0.717, 1.165) is 36.4 Å². The zero-order valence-electron chi connectivity index (χ0n) is 10.5. The Bertz CT molecular complexity index is 845. The SMILES string of the molecule is NS(=O)(=O)c1ccc(S(=O)(=O)Nc2ccc(F)cc2)cc1. The lowest BCUT2D eigenvalue weighted by Crippen LogP contribution is -2.15. The molecule has 0 spiro atoms. The predicted octanol–water partition coefficient (Wildman–Crippen LogP) is 1.27. The van der Waals surface area contributed by atoms with Crippen molar-refractivity contribution in [3.8, 4) is 0 Å². The number of nitrogens with two attached hydrogens (primary N) is 1. The van der Waals surface area contributed by atoms with Gasteiger partial charge < -0.3 is 0 Å². The van der Waals surface area contributed by atoms with Gasteiger partial charge >= 0.3 is 0 Å². The van der Waals surface area contributed by atoms with Crippen LogP contribution in [0.3, 0.4) is 0 Å². The number of benzene rings is 2. The van der Waals surface area contributed by atoms with Crippen LogP contribution in [0, 0.1) is 5.82 Å². The molecule has 9 heteroatoms. The Kier molecular flexibility index (Phi) is 3.99. The van der Waals surface area contributed by atoms with Crippen molar-refractivity contribution >= 4 is 25.7 Å². The second kappa shape index (κ2) is 5.43. The molecule has 2 aromatic rings. The molecule has 2 aromatic carbocycles. The van der Waals surface area contributed by atoms with Crippen molar-refractivity contribution in [3.05, 3.63) is 54.3 Å². The molecular weight excluding hydrogens is 319 g/mol. The molecule has 0 amide bonds. The Hall–Kier alpha value is -1.97. The molecule has 112 valence electrons. The van der Waals surface area contributed by atoms with Gasteiger partial charge in [-0.1, -0.05) is 0 Å². The van der Waals surface area contributed by atoms with Crippen LogP contribution in [-0.2, 0) is 20.0 Å². The summed E-state index contributed by atoms with van der Waals surface area (Å²) in [5.41, 5.74) is 0.187. The van der Waals surface area contributed by atoms with E-state index in [1.165, 1.54) is 12.1 Å². The second-order valence-corrected chi connectivity index (χ2v) is 7.37. The first kappa shape index (κ1) is 15.4. The van der Waals surface area contributed by atoms with Gasteiger partial charge in [0.25, 0.3) is 10.0 Å². The van der Waals surface area contributed by atoms with Crippen molar-refractivity contribution in [1.29, 1.82) is 0 Å². The van der Waals surface area contributed by atoms with E-state index in [2.05, 4.69) is 4.72 Å². The lowest BCUT2D eigenvalue weighted by Gasteiger charge is -2.08. The summed E-state index contributed by atoms with van der Waals surface area (Å²) in [6.07, 6.45) is 0. The summed E-state index contributed by atoms with van der Waals surface area (Å²) < 4.78 is 61.3. The van der Waals surface area contributed by atoms with Crippen LogP contribution < -0.4 is 9.86 Å². The van der Waals surface area contributed by atoms with Crippen LogP contribution in [0.1, 0.15) is 0 Å². The lowest BCUT2D eigenvalue weighted by atomic mass is 10.3. The minimum absolute atomic E-state index is 0.140. The molecule has 3 N–H and O–H groups in total. The second-order valence-electron chi connectivity index (χ2n) is 4.13. The van der Waals surface area contributed by atoms with Crippen LogP contribution in [0.5, 0.6) is 0 Å².